The van der Waals surface area contributed by atoms with Crippen LogP contribution in [0, 0.1) is 5.41 Å². The minimum absolute atomic E-state index is 0.0881. The van der Waals surface area contributed by atoms with E-state index < -0.39 is 5.41 Å². The molecule has 0 unspecified atom stereocenters. The molecule has 0 bridgehead atoms. The van der Waals surface area contributed by atoms with Crippen LogP contribution in [0.1, 0.15) is 56.0 Å². The molecule has 174 valence electrons. The Kier molecular flexibility index (Phi) is 5.78. The number of aryl methyl sites for hydroxylation is 1. The van der Waals surface area contributed by atoms with Crippen LogP contribution in [0.2, 0.25) is 0 Å². The van der Waals surface area contributed by atoms with Crippen LogP contribution in [-0.4, -0.2) is 59.7 Å². The van der Waals surface area contributed by atoms with Gasteiger partial charge in [0.25, 0.3) is 0 Å². The third-order valence-corrected chi connectivity index (χ3v) is 7.24. The third kappa shape index (κ3) is 4.08. The molecule has 1 spiro atoms. The van der Waals surface area contributed by atoms with Crippen LogP contribution in [0.4, 0.5) is 0 Å². The Balaban J connectivity index is 1.42. The topological polar surface area (TPSA) is 72.1 Å². The van der Waals surface area contributed by atoms with Crippen molar-refractivity contribution < 1.29 is 4.79 Å². The summed E-state index contributed by atoms with van der Waals surface area (Å²) in [6.45, 7) is 11.1. The van der Waals surface area contributed by atoms with Gasteiger partial charge in [0.05, 0.1) is 23.6 Å². The molecular formula is C25H33N7O. The van der Waals surface area contributed by atoms with Crippen molar-refractivity contribution in [3.8, 4) is 0 Å². The highest BCUT2D eigenvalue weighted by Crippen LogP contribution is 2.50. The zero-order valence-electron chi connectivity index (χ0n) is 19.8. The molecule has 0 radical (unpaired) electrons. The van der Waals surface area contributed by atoms with Gasteiger partial charge < -0.3 is 9.47 Å². The molecule has 3 aromatic rings. The second kappa shape index (κ2) is 8.74. The van der Waals surface area contributed by atoms with Gasteiger partial charge >= 0.3 is 0 Å². The molecule has 2 aliphatic rings. The number of carbonyl (C=O) groups is 1. The van der Waals surface area contributed by atoms with Crippen LogP contribution < -0.4 is 0 Å². The van der Waals surface area contributed by atoms with Gasteiger partial charge in [-0.1, -0.05) is 6.07 Å². The summed E-state index contributed by atoms with van der Waals surface area (Å²) < 4.78 is 4.10. The highest BCUT2D eigenvalue weighted by molar-refractivity contribution is 5.86. The van der Waals surface area contributed by atoms with Crippen LogP contribution in [0.3, 0.4) is 0 Å². The Hall–Kier alpha value is -3.00. The van der Waals surface area contributed by atoms with Crippen LogP contribution in [-0.2, 0) is 24.4 Å². The number of imidazole rings is 1. The molecule has 1 amide bonds. The number of hydrogen-bond donors (Lipinski definition) is 0. The van der Waals surface area contributed by atoms with Crippen molar-refractivity contribution in [2.75, 3.05) is 19.6 Å². The Bertz CT molecular complexity index is 1100. The number of pyridine rings is 1. The highest BCUT2D eigenvalue weighted by atomic mass is 16.2. The molecule has 2 saturated heterocycles. The van der Waals surface area contributed by atoms with Crippen LogP contribution in [0.5, 0.6) is 0 Å². The van der Waals surface area contributed by atoms with E-state index in [0.717, 1.165) is 50.4 Å². The summed E-state index contributed by atoms with van der Waals surface area (Å²) in [6, 6.07) is 4.32. The lowest BCUT2D eigenvalue weighted by Crippen LogP contribution is -2.39. The summed E-state index contributed by atoms with van der Waals surface area (Å²) in [5, 5.41) is 4.43. The van der Waals surface area contributed by atoms with Gasteiger partial charge in [0.2, 0.25) is 5.91 Å². The summed E-state index contributed by atoms with van der Waals surface area (Å²) in [6.07, 6.45) is 12.6. The van der Waals surface area contributed by atoms with Gasteiger partial charge in [-0.25, -0.2) is 4.98 Å². The van der Waals surface area contributed by atoms with Crippen molar-refractivity contribution in [3.05, 3.63) is 66.3 Å². The Labute approximate surface area is 195 Å². The van der Waals surface area contributed by atoms with E-state index in [9.17, 15) is 4.79 Å². The van der Waals surface area contributed by atoms with Gasteiger partial charge in [0.1, 0.15) is 0 Å². The molecule has 0 N–H and O–H groups in total. The average Bonchev–Trinajstić information content (AvgIpc) is 3.59. The van der Waals surface area contributed by atoms with Gasteiger partial charge in [0, 0.05) is 81.6 Å². The summed E-state index contributed by atoms with van der Waals surface area (Å²) >= 11 is 0. The van der Waals surface area contributed by atoms with Gasteiger partial charge in [-0.2, -0.15) is 5.10 Å². The molecule has 8 nitrogen and oxygen atoms in total. The van der Waals surface area contributed by atoms with Gasteiger partial charge in [-0.15, -0.1) is 0 Å². The third-order valence-electron chi connectivity index (χ3n) is 7.24. The number of rotatable bonds is 7. The number of amides is 1. The van der Waals surface area contributed by atoms with E-state index >= 15 is 0 Å². The zero-order valence-corrected chi connectivity index (χ0v) is 19.8. The van der Waals surface area contributed by atoms with Crippen LogP contribution in [0.15, 0.2) is 49.4 Å². The van der Waals surface area contributed by atoms with E-state index in [1.807, 2.05) is 40.4 Å². The van der Waals surface area contributed by atoms with E-state index in [-0.39, 0.29) is 11.8 Å². The minimum Gasteiger partial charge on any atom is -0.338 e. The number of nitrogens with zero attached hydrogens (tertiary/aromatic N) is 7. The predicted molar refractivity (Wildman–Crippen MR) is 125 cm³/mol. The number of aromatic nitrogens is 5. The predicted octanol–water partition coefficient (Wildman–Crippen LogP) is 3.09. The summed E-state index contributed by atoms with van der Waals surface area (Å²) in [5.74, 6) is 0.340. The van der Waals surface area contributed by atoms with Crippen molar-refractivity contribution in [2.24, 2.45) is 5.41 Å². The fourth-order valence-electron chi connectivity index (χ4n) is 5.43. The zero-order chi connectivity index (χ0) is 23.0. The first kappa shape index (κ1) is 21.8. The first-order valence-corrected chi connectivity index (χ1v) is 11.9. The van der Waals surface area contributed by atoms with Crippen molar-refractivity contribution in [1.82, 2.24) is 34.1 Å². The van der Waals surface area contributed by atoms with Gasteiger partial charge in [0.15, 0.2) is 0 Å². The first-order chi connectivity index (χ1) is 16.0. The normalized spacial score (nSPS) is 23.5. The van der Waals surface area contributed by atoms with E-state index in [1.165, 1.54) is 5.56 Å². The van der Waals surface area contributed by atoms with Crippen molar-refractivity contribution >= 4 is 5.91 Å². The van der Waals surface area contributed by atoms with Gasteiger partial charge in [-0.05, 0) is 38.8 Å². The minimum atomic E-state index is -0.431. The van der Waals surface area contributed by atoms with Gasteiger partial charge in [-0.3, -0.25) is 19.4 Å². The van der Waals surface area contributed by atoms with Crippen LogP contribution in [0.25, 0.3) is 0 Å². The quantitative estimate of drug-likeness (QED) is 0.557. The lowest BCUT2D eigenvalue weighted by Gasteiger charge is -2.28. The molecule has 2 aliphatic heterocycles. The Morgan fingerprint density at radius 1 is 1.18 bits per heavy atom. The Morgan fingerprint density at radius 3 is 2.76 bits per heavy atom. The molecule has 5 heterocycles. The maximum Gasteiger partial charge on any atom is 0.231 e. The van der Waals surface area contributed by atoms with E-state index in [0.29, 0.717) is 12.6 Å². The standard InChI is InChI=1S/C25H33N7O/c1-4-32-14-21(11-28-32)12-29-15-22(23-16-31(18-27-23)19(2)3)25(17-29)7-9-30(24(25)33)13-20-6-5-8-26-10-20/h5-6,8,10-11,14,16,18-19,22H,4,7,9,12-13,15,17H2,1-3H3/t22-,25+/m0/s1. The summed E-state index contributed by atoms with van der Waals surface area (Å²) in [4.78, 5) is 27.4. The lowest BCUT2D eigenvalue weighted by molar-refractivity contribution is -0.136. The van der Waals surface area contributed by atoms with E-state index in [4.69, 9.17) is 4.98 Å². The first-order valence-electron chi connectivity index (χ1n) is 11.9. The Morgan fingerprint density at radius 2 is 2.06 bits per heavy atom. The molecule has 2 atom stereocenters. The maximum atomic E-state index is 13.9. The summed E-state index contributed by atoms with van der Waals surface area (Å²) in [7, 11) is 0. The molecule has 33 heavy (non-hydrogen) atoms. The molecule has 0 aromatic carbocycles. The summed E-state index contributed by atoms with van der Waals surface area (Å²) in [5.41, 5.74) is 2.87. The fraction of sp³-hybridized carbons (Fsp3) is 0.520. The number of carbonyl (C=O) groups excluding carboxylic acids is 1. The fourth-order valence-corrected chi connectivity index (χ4v) is 5.43. The number of hydrogen-bond acceptors (Lipinski definition) is 5. The second-order valence-corrected chi connectivity index (χ2v) is 9.76. The largest absolute Gasteiger partial charge is 0.338 e. The van der Waals surface area contributed by atoms with Crippen molar-refractivity contribution in [3.63, 3.8) is 0 Å². The maximum absolute atomic E-state index is 13.9. The molecule has 0 saturated carbocycles. The molecule has 8 heteroatoms. The number of likely N-dealkylation sites (tertiary alicyclic amines) is 2. The molecule has 2 fully saturated rings. The average molecular weight is 448 g/mol. The SMILES string of the molecule is CCn1cc(CN2C[C@@H](c3cn(C(C)C)cn3)[C@@]3(CCN(Cc4cccnc4)C3=O)C2)cn1. The van der Waals surface area contributed by atoms with Crippen molar-refractivity contribution in [2.45, 2.75) is 58.8 Å². The monoisotopic (exact) mass is 447 g/mol. The van der Waals surface area contributed by atoms with E-state index in [2.05, 4.69) is 52.7 Å². The molecule has 0 aliphatic carbocycles. The molecular weight excluding hydrogens is 414 g/mol. The van der Waals surface area contributed by atoms with Crippen LogP contribution >= 0.6 is 0 Å². The van der Waals surface area contributed by atoms with Crippen molar-refractivity contribution in [1.29, 1.82) is 0 Å². The lowest BCUT2D eigenvalue weighted by atomic mass is 9.75. The smallest absolute Gasteiger partial charge is 0.231 e. The second-order valence-electron chi connectivity index (χ2n) is 9.76. The highest BCUT2D eigenvalue weighted by Gasteiger charge is 2.57. The van der Waals surface area contributed by atoms with E-state index in [1.54, 1.807) is 6.20 Å². The molecule has 3 aromatic heterocycles. The molecule has 5 rings (SSSR count).